The van der Waals surface area contributed by atoms with Crippen LogP contribution in [0.25, 0.3) is 0 Å². The third kappa shape index (κ3) is 21.1. The molecule has 2 aliphatic heterocycles. The van der Waals surface area contributed by atoms with Gasteiger partial charge in [-0.15, -0.1) is 0 Å². The minimum Gasteiger partial charge on any atom is -0.381 e. The van der Waals surface area contributed by atoms with Crippen LogP contribution >= 0.6 is 11.6 Å². The Morgan fingerprint density at radius 1 is 1.23 bits per heavy atom. The first kappa shape index (κ1) is 23.1. The number of ether oxygens (including phenoxy) is 1. The van der Waals surface area contributed by atoms with Gasteiger partial charge >= 0.3 is 0 Å². The summed E-state index contributed by atoms with van der Waals surface area (Å²) in [6.07, 6.45) is 2.56. The number of hydrogen-bond acceptors (Lipinski definition) is 7. The first-order valence-corrected chi connectivity index (χ1v) is 7.56. The number of nitrogens with one attached hydrogen (secondary N) is 2. The molecule has 6 N–H and O–H groups in total. The summed E-state index contributed by atoms with van der Waals surface area (Å²) in [5.74, 6) is 0. The SMILES string of the molecule is C1CCOC1.C=C(Cl)C#N.N#CC1CNCCN1.NCCN. The molecule has 8 heteroatoms. The summed E-state index contributed by atoms with van der Waals surface area (Å²) in [5, 5.41) is 22.2. The van der Waals surface area contributed by atoms with Crippen molar-refractivity contribution >= 4 is 11.6 Å². The lowest BCUT2D eigenvalue weighted by Crippen LogP contribution is -2.47. The first-order valence-electron chi connectivity index (χ1n) is 7.18. The van der Waals surface area contributed by atoms with Crippen LogP contribution in [0.4, 0.5) is 0 Å². The zero-order valence-corrected chi connectivity index (χ0v) is 13.7. The molecule has 22 heavy (non-hydrogen) atoms. The van der Waals surface area contributed by atoms with E-state index in [2.05, 4.69) is 23.3 Å². The summed E-state index contributed by atoms with van der Waals surface area (Å²) in [6.45, 7) is 8.96. The predicted molar refractivity (Wildman–Crippen MR) is 89.0 cm³/mol. The van der Waals surface area contributed by atoms with Crippen LogP contribution in [0, 0.1) is 22.7 Å². The average molecular weight is 331 g/mol. The summed E-state index contributed by atoms with van der Waals surface area (Å²) in [7, 11) is 0. The Morgan fingerprint density at radius 3 is 1.95 bits per heavy atom. The molecule has 0 amide bonds. The van der Waals surface area contributed by atoms with E-state index in [1.807, 2.05) is 0 Å². The van der Waals surface area contributed by atoms with E-state index in [1.54, 1.807) is 6.07 Å². The maximum atomic E-state index is 8.34. The molecule has 0 radical (unpaired) electrons. The number of nitrogens with two attached hydrogens (primary N) is 2. The van der Waals surface area contributed by atoms with E-state index in [-0.39, 0.29) is 11.1 Å². The zero-order chi connectivity index (χ0) is 17.1. The molecule has 0 bridgehead atoms. The highest BCUT2D eigenvalue weighted by Gasteiger charge is 2.08. The van der Waals surface area contributed by atoms with Gasteiger partial charge in [0.2, 0.25) is 0 Å². The summed E-state index contributed by atoms with van der Waals surface area (Å²) in [6, 6.07) is 3.76. The average Bonchev–Trinajstić information content (AvgIpc) is 3.16. The van der Waals surface area contributed by atoms with Crippen molar-refractivity contribution in [2.45, 2.75) is 18.9 Å². The quantitative estimate of drug-likeness (QED) is 0.498. The molecule has 0 aromatic heterocycles. The number of hydrogen-bond donors (Lipinski definition) is 4. The van der Waals surface area contributed by atoms with Gasteiger partial charge in [-0.2, -0.15) is 10.5 Å². The molecular formula is C14H27ClN6O. The normalized spacial score (nSPS) is 18.7. The van der Waals surface area contributed by atoms with Crippen molar-refractivity contribution < 1.29 is 4.74 Å². The largest absolute Gasteiger partial charge is 0.381 e. The topological polar surface area (TPSA) is 133 Å². The van der Waals surface area contributed by atoms with Crippen LogP contribution in [0.15, 0.2) is 11.6 Å². The van der Waals surface area contributed by atoms with Gasteiger partial charge in [-0.3, -0.25) is 5.32 Å². The van der Waals surface area contributed by atoms with Gasteiger partial charge in [-0.25, -0.2) is 0 Å². The smallest absolute Gasteiger partial charge is 0.111 e. The molecule has 1 unspecified atom stereocenters. The number of allylic oxidation sites excluding steroid dienone is 1. The van der Waals surface area contributed by atoms with Crippen LogP contribution < -0.4 is 22.1 Å². The Kier molecular flexibility index (Phi) is 20.8. The van der Waals surface area contributed by atoms with Gasteiger partial charge in [-0.1, -0.05) is 18.2 Å². The highest BCUT2D eigenvalue weighted by molar-refractivity contribution is 6.31. The van der Waals surface area contributed by atoms with Gasteiger partial charge in [0.25, 0.3) is 0 Å². The molecule has 2 fully saturated rings. The lowest BCUT2D eigenvalue weighted by atomic mass is 10.3. The highest BCUT2D eigenvalue weighted by Crippen LogP contribution is 1.98. The number of nitrogens with zero attached hydrogens (tertiary/aromatic N) is 2. The maximum absolute atomic E-state index is 8.34. The molecule has 2 saturated heterocycles. The number of piperazine rings is 1. The minimum atomic E-state index is 0.0312. The van der Waals surface area contributed by atoms with Gasteiger partial charge in [0.15, 0.2) is 0 Å². The second-order valence-electron chi connectivity index (χ2n) is 4.25. The van der Waals surface area contributed by atoms with Crippen LogP contribution in [0.3, 0.4) is 0 Å². The Labute approximate surface area is 138 Å². The molecule has 7 nitrogen and oxygen atoms in total. The summed E-state index contributed by atoms with van der Waals surface area (Å²) >= 11 is 4.91. The summed E-state index contributed by atoms with van der Waals surface area (Å²) < 4.78 is 4.94. The number of halogens is 1. The molecule has 2 aliphatic rings. The molecule has 1 atom stereocenters. The van der Waals surface area contributed by atoms with E-state index in [9.17, 15) is 0 Å². The fourth-order valence-corrected chi connectivity index (χ4v) is 1.25. The van der Waals surface area contributed by atoms with Crippen molar-refractivity contribution in [2.75, 3.05) is 45.9 Å². The van der Waals surface area contributed by atoms with Crippen LogP contribution in [0.5, 0.6) is 0 Å². The zero-order valence-electron chi connectivity index (χ0n) is 13.0. The Hall–Kier alpha value is -1.19. The number of rotatable bonds is 1. The van der Waals surface area contributed by atoms with E-state index in [1.165, 1.54) is 12.8 Å². The molecule has 126 valence electrons. The minimum absolute atomic E-state index is 0.0312. The van der Waals surface area contributed by atoms with E-state index in [4.69, 9.17) is 38.3 Å². The van der Waals surface area contributed by atoms with Crippen molar-refractivity contribution in [3.8, 4) is 12.1 Å². The van der Waals surface area contributed by atoms with Crippen LogP contribution in [0.1, 0.15) is 12.8 Å². The monoisotopic (exact) mass is 330 g/mol. The van der Waals surface area contributed by atoms with Crippen LogP contribution in [-0.4, -0.2) is 52.0 Å². The Morgan fingerprint density at radius 2 is 1.77 bits per heavy atom. The van der Waals surface area contributed by atoms with Crippen molar-refractivity contribution in [3.05, 3.63) is 11.6 Å². The van der Waals surface area contributed by atoms with Crippen LogP contribution in [-0.2, 0) is 4.74 Å². The molecule has 0 aromatic rings. The fraction of sp³-hybridized carbons (Fsp3) is 0.714. The third-order valence-corrected chi connectivity index (χ3v) is 2.40. The van der Waals surface area contributed by atoms with E-state index in [0.29, 0.717) is 13.1 Å². The Balaban J connectivity index is 0. The fourth-order valence-electron chi connectivity index (χ4n) is 1.25. The molecule has 0 aliphatic carbocycles. The predicted octanol–water partition coefficient (Wildman–Crippen LogP) is 0.0345. The van der Waals surface area contributed by atoms with E-state index < -0.39 is 0 Å². The molecule has 2 heterocycles. The standard InChI is InChI=1S/C5H9N3.C4H8O.C3H2ClN.C2H8N2/c6-3-5-4-7-1-2-8-5;1-2-4-5-3-1;1-3(4)2-5;3-1-2-4/h5,7-8H,1-2,4H2;1-4H2;1H2;1-4H2. The Bertz CT molecular complexity index is 320. The van der Waals surface area contributed by atoms with Crippen molar-refractivity contribution in [1.82, 2.24) is 10.6 Å². The summed E-state index contributed by atoms with van der Waals surface area (Å²) in [5.41, 5.74) is 9.81. The second-order valence-corrected chi connectivity index (χ2v) is 4.71. The van der Waals surface area contributed by atoms with Gasteiger partial charge in [0, 0.05) is 45.9 Å². The molecule has 2 rings (SSSR count). The molecule has 0 aromatic carbocycles. The van der Waals surface area contributed by atoms with E-state index >= 15 is 0 Å². The molecule has 0 saturated carbocycles. The lowest BCUT2D eigenvalue weighted by Gasteiger charge is -2.17. The maximum Gasteiger partial charge on any atom is 0.111 e. The van der Waals surface area contributed by atoms with Gasteiger partial charge in [0.05, 0.1) is 6.07 Å². The highest BCUT2D eigenvalue weighted by atomic mass is 35.5. The molecule has 0 spiro atoms. The van der Waals surface area contributed by atoms with E-state index in [0.717, 1.165) is 32.8 Å². The number of nitriles is 2. The third-order valence-electron chi connectivity index (χ3n) is 2.31. The van der Waals surface area contributed by atoms with Gasteiger partial charge < -0.3 is 21.5 Å². The lowest BCUT2D eigenvalue weighted by molar-refractivity contribution is 0.198. The molecular weight excluding hydrogens is 304 g/mol. The second kappa shape index (κ2) is 19.8. The van der Waals surface area contributed by atoms with Crippen LogP contribution in [0.2, 0.25) is 0 Å². The van der Waals surface area contributed by atoms with Crippen molar-refractivity contribution in [2.24, 2.45) is 11.5 Å². The summed E-state index contributed by atoms with van der Waals surface area (Å²) in [4.78, 5) is 0. The van der Waals surface area contributed by atoms with Crippen molar-refractivity contribution in [3.63, 3.8) is 0 Å². The van der Waals surface area contributed by atoms with Gasteiger partial charge in [0.1, 0.15) is 17.1 Å². The van der Waals surface area contributed by atoms with Crippen molar-refractivity contribution in [1.29, 1.82) is 10.5 Å². The first-order chi connectivity index (χ1) is 10.6. The van der Waals surface area contributed by atoms with Gasteiger partial charge in [-0.05, 0) is 12.8 Å².